The molecule has 4 heterocycles. The smallest absolute Gasteiger partial charge is 0.260 e. The SMILES string of the molecule is [2H]c1c([2H])c([2H])c2c(c1[2H])Oc1c([2H])c3c(c4c1B2c1c([2H])c([2H])c([2H])c([2H])c1O4)B1c2c(cc(C(C)(C)C)cc2N3c2c(-c3ccccc3)cc(C(C)(C)C)cc2-c2ccccc2)N(c2c(-c3ccccc3)cc(C(C)(C)C)cc2-c2ccccc2)c2c([2H])c([2H])c(-c3c([2H])c([2H])c([2H])c([Si](c4ccccc4)(c4ccccc4)c4ccccc4)c3[2H])c([2H])c21. The molecule has 0 atom stereocenters. The van der Waals surface area contributed by atoms with Crippen molar-refractivity contribution in [3.63, 3.8) is 0 Å². The lowest BCUT2D eigenvalue weighted by molar-refractivity contribution is 0.467. The normalized spacial score (nSPS) is 15.3. The van der Waals surface area contributed by atoms with Crippen molar-refractivity contribution < 1.29 is 31.4 Å². The van der Waals surface area contributed by atoms with Crippen LogP contribution in [0.2, 0.25) is 0 Å². The van der Waals surface area contributed by atoms with Crippen molar-refractivity contribution >= 4 is 109 Å². The molecular formula is C102H84B2N2O2Si. The van der Waals surface area contributed by atoms with E-state index in [0.717, 1.165) is 54.5 Å². The Morgan fingerprint density at radius 2 is 0.679 bits per heavy atom. The van der Waals surface area contributed by atoms with E-state index in [1.807, 2.05) is 222 Å². The first-order chi connectivity index (χ1) is 59.7. The van der Waals surface area contributed by atoms with E-state index < -0.39 is 134 Å². The van der Waals surface area contributed by atoms with Gasteiger partial charge in [-0.2, -0.15) is 0 Å². The molecule has 4 nitrogen and oxygen atoms in total. The van der Waals surface area contributed by atoms with Crippen LogP contribution in [0.3, 0.4) is 0 Å². The Morgan fingerprint density at radius 3 is 1.11 bits per heavy atom. The second-order valence-electron chi connectivity index (χ2n) is 31.8. The lowest BCUT2D eigenvalue weighted by atomic mass is 9.30. The fourth-order valence-corrected chi connectivity index (χ4v) is 21.2. The minimum atomic E-state index is -4.11. The molecule has 15 aromatic rings. The Kier molecular flexibility index (Phi) is 12.4. The Bertz CT molecular complexity index is 6820. The number of hydrogen-bond donors (Lipinski definition) is 0. The molecule has 524 valence electrons. The van der Waals surface area contributed by atoms with Gasteiger partial charge in [0.25, 0.3) is 13.4 Å². The molecule has 0 amide bonds. The zero-order chi connectivity index (χ0) is 88.0. The van der Waals surface area contributed by atoms with Gasteiger partial charge in [0.1, 0.15) is 23.0 Å². The van der Waals surface area contributed by atoms with Crippen molar-refractivity contribution in [1.82, 2.24) is 0 Å². The predicted octanol–water partition coefficient (Wildman–Crippen LogP) is 20.1. The van der Waals surface area contributed by atoms with Crippen molar-refractivity contribution in [2.45, 2.75) is 78.6 Å². The summed E-state index contributed by atoms with van der Waals surface area (Å²) >= 11 is 0. The second-order valence-corrected chi connectivity index (χ2v) is 35.5. The number of rotatable bonds is 11. The van der Waals surface area contributed by atoms with Gasteiger partial charge in [0.05, 0.1) is 33.3 Å². The van der Waals surface area contributed by atoms with Gasteiger partial charge in [-0.3, -0.25) is 0 Å². The van der Waals surface area contributed by atoms with Gasteiger partial charge in [0.2, 0.25) is 0 Å². The van der Waals surface area contributed by atoms with Crippen LogP contribution in [0, 0.1) is 0 Å². The number of anilines is 6. The van der Waals surface area contributed by atoms with E-state index >= 15 is 0 Å². The number of para-hydroxylation sites is 2. The summed E-state index contributed by atoms with van der Waals surface area (Å²) in [6.07, 6.45) is 0. The van der Waals surface area contributed by atoms with E-state index in [-0.39, 0.29) is 78.3 Å². The maximum atomic E-state index is 12.1. The molecule has 0 fully saturated rings. The zero-order valence-electron chi connectivity index (χ0n) is 78.0. The third-order valence-electron chi connectivity index (χ3n) is 22.1. The summed E-state index contributed by atoms with van der Waals surface area (Å²) in [5.41, 5.74) is 7.90. The number of hydrogen-bond acceptors (Lipinski definition) is 4. The van der Waals surface area contributed by atoms with Crippen molar-refractivity contribution in [3.8, 4) is 78.6 Å². The molecule has 15 aromatic carbocycles. The average Bonchev–Trinajstić information content (AvgIpc) is 0.661. The highest BCUT2D eigenvalue weighted by molar-refractivity contribution is 7.20. The van der Waals surface area contributed by atoms with Gasteiger partial charge in [-0.1, -0.05) is 347 Å². The highest BCUT2D eigenvalue weighted by atomic mass is 28.3. The maximum Gasteiger partial charge on any atom is 0.260 e. The summed E-state index contributed by atoms with van der Waals surface area (Å²) in [4.78, 5) is 4.07. The van der Waals surface area contributed by atoms with E-state index in [9.17, 15) is 21.9 Å². The highest BCUT2D eigenvalue weighted by Crippen LogP contribution is 2.56. The Balaban J connectivity index is 1.08. The lowest BCUT2D eigenvalue weighted by Crippen LogP contribution is -2.74. The summed E-state index contributed by atoms with van der Waals surface area (Å²) in [6, 6.07) is 72.4. The molecule has 0 unspecified atom stereocenters. The monoisotopic (exact) mass is 1430 g/mol. The van der Waals surface area contributed by atoms with Gasteiger partial charge in [-0.25, -0.2) is 0 Å². The van der Waals surface area contributed by atoms with Crippen LogP contribution in [0.25, 0.3) is 55.6 Å². The molecule has 4 aliphatic rings. The average molecular weight is 1440 g/mol. The minimum absolute atomic E-state index is 0.00933. The van der Waals surface area contributed by atoms with Gasteiger partial charge in [-0.15, -0.1) is 0 Å². The molecule has 0 saturated heterocycles. The van der Waals surface area contributed by atoms with Crippen LogP contribution >= 0.6 is 0 Å². The first-order valence-corrected chi connectivity index (χ1v) is 39.2. The van der Waals surface area contributed by atoms with E-state index in [0.29, 0.717) is 50.5 Å². The summed E-state index contributed by atoms with van der Waals surface area (Å²) in [6.45, 7) is 16.1. The quantitative estimate of drug-likeness (QED) is 0.0952. The molecule has 0 radical (unpaired) electrons. The van der Waals surface area contributed by atoms with Gasteiger partial charge < -0.3 is 19.3 Å². The molecular weight excluding hydrogens is 1330 g/mol. The van der Waals surface area contributed by atoms with Crippen LogP contribution in [-0.2, 0) is 16.2 Å². The molecule has 0 aromatic heterocycles. The van der Waals surface area contributed by atoms with Gasteiger partial charge in [0, 0.05) is 56.5 Å². The Labute approximate surface area is 666 Å². The molecule has 0 N–H and O–H groups in total. The largest absolute Gasteiger partial charge is 0.459 e. The predicted molar refractivity (Wildman–Crippen MR) is 465 cm³/mol. The first-order valence-electron chi connectivity index (χ1n) is 45.2. The molecule has 109 heavy (non-hydrogen) atoms. The van der Waals surface area contributed by atoms with Crippen LogP contribution in [0.15, 0.2) is 345 Å². The van der Waals surface area contributed by atoms with Crippen LogP contribution < -0.4 is 72.8 Å². The molecule has 0 aliphatic carbocycles. The topological polar surface area (TPSA) is 24.9 Å². The van der Waals surface area contributed by atoms with E-state index in [1.54, 1.807) is 0 Å². The molecule has 7 heteroatoms. The summed E-state index contributed by atoms with van der Waals surface area (Å²) in [5.74, 6) is -1.23. The summed E-state index contributed by atoms with van der Waals surface area (Å²) in [7, 11) is -4.11. The maximum absolute atomic E-state index is 12.1. The van der Waals surface area contributed by atoms with Crippen LogP contribution in [0.5, 0.6) is 23.0 Å². The first kappa shape index (κ1) is 52.0. The van der Waals surface area contributed by atoms with Gasteiger partial charge >= 0.3 is 0 Å². The van der Waals surface area contributed by atoms with Crippen LogP contribution in [0.4, 0.5) is 34.1 Å². The highest BCUT2D eigenvalue weighted by Gasteiger charge is 2.52. The number of fused-ring (bicyclic) bond motifs is 9. The number of benzene rings is 15. The van der Waals surface area contributed by atoms with Crippen LogP contribution in [0.1, 0.15) is 101 Å². The fourth-order valence-electron chi connectivity index (χ4n) is 16.7. The summed E-state index contributed by atoms with van der Waals surface area (Å²) < 4.78 is 182. The molecule has 0 saturated carbocycles. The number of ether oxygens (including phenoxy) is 2. The van der Waals surface area contributed by atoms with Crippen molar-refractivity contribution in [2.75, 3.05) is 9.80 Å². The molecule has 19 rings (SSSR count). The molecule has 4 aliphatic heterocycles. The van der Waals surface area contributed by atoms with E-state index in [2.05, 4.69) is 98.7 Å². The van der Waals surface area contributed by atoms with Gasteiger partial charge in [0.15, 0.2) is 8.07 Å². The van der Waals surface area contributed by atoms with Crippen molar-refractivity contribution in [1.29, 1.82) is 0 Å². The minimum Gasteiger partial charge on any atom is -0.459 e. The Hall–Kier alpha value is -12.2. The van der Waals surface area contributed by atoms with Gasteiger partial charge in [-0.05, 0) is 169 Å². The third-order valence-corrected chi connectivity index (χ3v) is 26.7. The molecule has 0 spiro atoms. The van der Waals surface area contributed by atoms with Crippen molar-refractivity contribution in [2.24, 2.45) is 0 Å². The fraction of sp³-hybridized carbons (Fsp3) is 0.118. The standard InChI is InChI=1S/C102H84B2N2O2Si/c1-100(2,3)73-60-80(67-36-17-10-18-37-67)97(81(61-73)68-38-19-11-20-39-68)105-87-57-56-72(71-44-35-51-79(58-71)109(76-45-25-14-26-46-76,77-47-27-15-28-48-77)78-49-29-16-30-50-78)59-86(87)104-94-88(105)64-75(102(7,8)9)65-89(94)106(98-82(69-40-21-12-22-41-69)62-74(101(4,5)6)63-83(98)70-42-23-13-24-43-70)90-66-93-96-99(95(90)104)108-92-55-34-32-53-85(92)103(96)84-52-31-33-54-91(84)107-93/h10-66H,1-9H3/i31D,32D,33D,34D,35D,44D,51D,52D,53D,54D,55D,56D,57D,58D,59D,66D. The molecule has 0 bridgehead atoms. The van der Waals surface area contributed by atoms with E-state index in [1.165, 1.54) is 0 Å². The number of nitrogens with zero attached hydrogens (tertiary/aromatic N) is 2. The van der Waals surface area contributed by atoms with Crippen LogP contribution in [-0.4, -0.2) is 21.5 Å². The van der Waals surface area contributed by atoms with Crippen molar-refractivity contribution in [3.05, 3.63) is 362 Å². The van der Waals surface area contributed by atoms with E-state index in [4.69, 9.17) is 9.47 Å². The third kappa shape index (κ3) is 11.2. The second kappa shape index (κ2) is 26.1. The Morgan fingerprint density at radius 1 is 0.294 bits per heavy atom. The summed E-state index contributed by atoms with van der Waals surface area (Å²) in [5, 5.41) is 2.30. The zero-order valence-corrected chi connectivity index (χ0v) is 63.0. The lowest BCUT2D eigenvalue weighted by Gasteiger charge is -2.48.